The molecule has 0 aliphatic heterocycles. The lowest BCUT2D eigenvalue weighted by molar-refractivity contribution is 0.103. The van der Waals surface area contributed by atoms with Crippen LogP contribution in [0, 0.1) is 11.6 Å². The summed E-state index contributed by atoms with van der Waals surface area (Å²) in [7, 11) is 0. The molecule has 0 aromatic heterocycles. The Morgan fingerprint density at radius 2 is 0.950 bits per heavy atom. The van der Waals surface area contributed by atoms with Gasteiger partial charge >= 0.3 is 0 Å². The van der Waals surface area contributed by atoms with E-state index in [1.165, 1.54) is 24.3 Å². The number of rotatable bonds is 2. The molecule has 0 aliphatic carbocycles. The summed E-state index contributed by atoms with van der Waals surface area (Å²) in [4.78, 5) is 12.4. The number of hydrogen-bond acceptors (Lipinski definition) is 5. The summed E-state index contributed by atoms with van der Waals surface area (Å²) in [6.07, 6.45) is 0. The molecule has 2 rings (SSSR count). The standard InChI is InChI=1S/C13H8F2OS4/c14-11-7(17)1-5(2-8(11)18)13(16)6-3-9(19)12(15)10(20)4-6/h1-4,17-20H. The topological polar surface area (TPSA) is 17.1 Å². The molecule has 0 saturated carbocycles. The van der Waals surface area contributed by atoms with Gasteiger partial charge in [0.15, 0.2) is 5.78 Å². The highest BCUT2D eigenvalue weighted by Crippen LogP contribution is 2.27. The van der Waals surface area contributed by atoms with Gasteiger partial charge in [-0.2, -0.15) is 0 Å². The number of thiol groups is 4. The van der Waals surface area contributed by atoms with Crippen LogP contribution in [0.4, 0.5) is 8.78 Å². The second kappa shape index (κ2) is 6.01. The maximum Gasteiger partial charge on any atom is 0.193 e. The Labute approximate surface area is 136 Å². The van der Waals surface area contributed by atoms with Crippen molar-refractivity contribution in [2.75, 3.05) is 0 Å². The van der Waals surface area contributed by atoms with Gasteiger partial charge in [0.2, 0.25) is 0 Å². The van der Waals surface area contributed by atoms with Crippen molar-refractivity contribution >= 4 is 56.3 Å². The van der Waals surface area contributed by atoms with E-state index in [4.69, 9.17) is 0 Å². The molecule has 2 aromatic carbocycles. The molecule has 0 N–H and O–H groups in total. The zero-order valence-corrected chi connectivity index (χ0v) is 13.3. The zero-order valence-electron chi connectivity index (χ0n) is 9.76. The second-order valence-electron chi connectivity index (χ2n) is 3.99. The fraction of sp³-hybridized carbons (Fsp3) is 0. The lowest BCUT2D eigenvalue weighted by atomic mass is 10.0. The average molecular weight is 346 g/mol. The summed E-state index contributed by atoms with van der Waals surface area (Å²) >= 11 is 15.7. The van der Waals surface area contributed by atoms with Gasteiger partial charge in [-0.1, -0.05) is 0 Å². The van der Waals surface area contributed by atoms with Crippen molar-refractivity contribution < 1.29 is 13.6 Å². The monoisotopic (exact) mass is 346 g/mol. The molecule has 0 atom stereocenters. The SMILES string of the molecule is O=C(c1cc(S)c(F)c(S)c1)c1cc(S)c(F)c(S)c1. The second-order valence-corrected chi connectivity index (χ2v) is 5.91. The van der Waals surface area contributed by atoms with Crippen molar-refractivity contribution in [1.82, 2.24) is 0 Å². The summed E-state index contributed by atoms with van der Waals surface area (Å²) in [5.74, 6) is -1.62. The number of ketones is 1. The first-order valence-corrected chi connectivity index (χ1v) is 7.07. The van der Waals surface area contributed by atoms with Crippen LogP contribution >= 0.6 is 50.5 Å². The van der Waals surface area contributed by atoms with E-state index in [-0.39, 0.29) is 30.7 Å². The zero-order chi connectivity index (χ0) is 15.0. The molecular weight excluding hydrogens is 338 g/mol. The van der Waals surface area contributed by atoms with E-state index >= 15 is 0 Å². The number of carbonyl (C=O) groups is 1. The smallest absolute Gasteiger partial charge is 0.193 e. The lowest BCUT2D eigenvalue weighted by Crippen LogP contribution is -2.03. The maximum atomic E-state index is 13.4. The lowest BCUT2D eigenvalue weighted by Gasteiger charge is -2.07. The van der Waals surface area contributed by atoms with E-state index in [1.54, 1.807) is 0 Å². The summed E-state index contributed by atoms with van der Waals surface area (Å²) in [5.41, 5.74) is 0.405. The number of benzene rings is 2. The molecule has 2 aromatic rings. The van der Waals surface area contributed by atoms with E-state index in [1.807, 2.05) is 0 Å². The Morgan fingerprint density at radius 3 is 1.20 bits per heavy atom. The minimum Gasteiger partial charge on any atom is -0.289 e. The van der Waals surface area contributed by atoms with E-state index in [0.717, 1.165) is 0 Å². The third-order valence-electron chi connectivity index (χ3n) is 2.59. The first kappa shape index (κ1) is 15.8. The molecule has 0 aliphatic rings. The van der Waals surface area contributed by atoms with Crippen LogP contribution in [-0.2, 0) is 0 Å². The Bertz CT molecular complexity index is 610. The Hall–Kier alpha value is -0.630. The van der Waals surface area contributed by atoms with Crippen molar-refractivity contribution in [3.05, 3.63) is 47.0 Å². The van der Waals surface area contributed by atoms with Crippen LogP contribution in [0.2, 0.25) is 0 Å². The normalized spacial score (nSPS) is 10.7. The number of halogens is 2. The third-order valence-corrected chi connectivity index (χ3v) is 3.89. The number of carbonyl (C=O) groups excluding carboxylic acids is 1. The van der Waals surface area contributed by atoms with Gasteiger partial charge in [-0.15, -0.1) is 50.5 Å². The molecule has 20 heavy (non-hydrogen) atoms. The van der Waals surface area contributed by atoms with Crippen LogP contribution in [-0.4, -0.2) is 5.78 Å². The fourth-order valence-corrected chi connectivity index (χ4v) is 2.83. The van der Waals surface area contributed by atoms with Crippen LogP contribution in [0.25, 0.3) is 0 Å². The molecule has 0 bridgehead atoms. The molecule has 0 amide bonds. The van der Waals surface area contributed by atoms with Crippen LogP contribution in [0.15, 0.2) is 43.8 Å². The maximum absolute atomic E-state index is 13.4. The first-order chi connectivity index (χ1) is 9.31. The summed E-state index contributed by atoms with van der Waals surface area (Å²) in [6.45, 7) is 0. The predicted molar refractivity (Wildman–Crippen MR) is 85.2 cm³/mol. The molecule has 0 radical (unpaired) electrons. The molecule has 7 heteroatoms. The van der Waals surface area contributed by atoms with Crippen LogP contribution in [0.1, 0.15) is 15.9 Å². The van der Waals surface area contributed by atoms with Gasteiger partial charge in [0.1, 0.15) is 11.6 Å². The van der Waals surface area contributed by atoms with Crippen molar-refractivity contribution in [3.8, 4) is 0 Å². The third kappa shape index (κ3) is 3.00. The minimum absolute atomic E-state index is 0.0140. The van der Waals surface area contributed by atoms with Crippen molar-refractivity contribution in [1.29, 1.82) is 0 Å². The Balaban J connectivity index is 2.52. The van der Waals surface area contributed by atoms with Crippen molar-refractivity contribution in [2.45, 2.75) is 19.6 Å². The van der Waals surface area contributed by atoms with Gasteiger partial charge < -0.3 is 0 Å². The molecule has 0 fully saturated rings. The summed E-state index contributed by atoms with van der Waals surface area (Å²) in [6, 6.07) is 5.17. The Morgan fingerprint density at radius 1 is 0.700 bits per heavy atom. The van der Waals surface area contributed by atoms with Crippen molar-refractivity contribution in [3.63, 3.8) is 0 Å². The van der Waals surface area contributed by atoms with Crippen molar-refractivity contribution in [2.24, 2.45) is 0 Å². The van der Waals surface area contributed by atoms with Crippen LogP contribution < -0.4 is 0 Å². The van der Waals surface area contributed by atoms with E-state index < -0.39 is 17.4 Å². The van der Waals surface area contributed by atoms with Gasteiger partial charge in [-0.25, -0.2) is 8.78 Å². The first-order valence-electron chi connectivity index (χ1n) is 5.29. The quantitative estimate of drug-likeness (QED) is 0.470. The molecule has 0 spiro atoms. The highest BCUT2D eigenvalue weighted by atomic mass is 32.1. The fourth-order valence-electron chi connectivity index (χ4n) is 1.62. The average Bonchev–Trinajstić information content (AvgIpc) is 2.40. The van der Waals surface area contributed by atoms with Crippen LogP contribution in [0.5, 0.6) is 0 Å². The van der Waals surface area contributed by atoms with E-state index in [0.29, 0.717) is 0 Å². The molecular formula is C13H8F2OS4. The molecule has 0 unspecified atom stereocenters. The summed E-state index contributed by atoms with van der Waals surface area (Å²) < 4.78 is 26.8. The van der Waals surface area contributed by atoms with Crippen LogP contribution in [0.3, 0.4) is 0 Å². The highest BCUT2D eigenvalue weighted by molar-refractivity contribution is 7.81. The molecule has 104 valence electrons. The highest BCUT2D eigenvalue weighted by Gasteiger charge is 2.16. The van der Waals surface area contributed by atoms with Gasteiger partial charge in [0.25, 0.3) is 0 Å². The van der Waals surface area contributed by atoms with E-state index in [2.05, 4.69) is 50.5 Å². The summed E-state index contributed by atoms with van der Waals surface area (Å²) in [5, 5.41) is 0. The van der Waals surface area contributed by atoms with Gasteiger partial charge in [-0.05, 0) is 24.3 Å². The Kier molecular flexibility index (Phi) is 4.73. The van der Waals surface area contributed by atoms with E-state index in [9.17, 15) is 13.6 Å². The number of hydrogen-bond donors (Lipinski definition) is 4. The predicted octanol–water partition coefficient (Wildman–Crippen LogP) is 4.35. The molecule has 1 nitrogen and oxygen atoms in total. The largest absolute Gasteiger partial charge is 0.289 e. The minimum atomic E-state index is -0.600. The van der Waals surface area contributed by atoms with Gasteiger partial charge in [0.05, 0.1) is 0 Å². The van der Waals surface area contributed by atoms with Gasteiger partial charge in [0, 0.05) is 30.7 Å². The van der Waals surface area contributed by atoms with Gasteiger partial charge in [-0.3, -0.25) is 4.79 Å². The molecule has 0 saturated heterocycles. The molecule has 0 heterocycles.